The lowest BCUT2D eigenvalue weighted by Crippen LogP contribution is -2.39. The molecule has 142 valence electrons. The number of aryl methyl sites for hydroxylation is 1. The van der Waals surface area contributed by atoms with Crippen LogP contribution in [0.3, 0.4) is 0 Å². The summed E-state index contributed by atoms with van der Waals surface area (Å²) in [6.45, 7) is 2.65. The van der Waals surface area contributed by atoms with E-state index in [9.17, 15) is 12.8 Å². The lowest BCUT2D eigenvalue weighted by atomic mass is 9.91. The van der Waals surface area contributed by atoms with Crippen LogP contribution in [-0.2, 0) is 16.4 Å². The van der Waals surface area contributed by atoms with Crippen molar-refractivity contribution in [3.63, 3.8) is 0 Å². The summed E-state index contributed by atoms with van der Waals surface area (Å²) in [5.74, 6) is 0.0499. The van der Waals surface area contributed by atoms with Gasteiger partial charge in [-0.3, -0.25) is 0 Å². The smallest absolute Gasteiger partial charge is 0.243 e. The molecule has 3 aromatic rings. The molecule has 0 aliphatic carbocycles. The predicted molar refractivity (Wildman–Crippen MR) is 105 cm³/mol. The molecule has 0 radical (unpaired) electrons. The zero-order valence-corrected chi connectivity index (χ0v) is 16.1. The van der Waals surface area contributed by atoms with E-state index in [4.69, 9.17) is 0 Å². The van der Waals surface area contributed by atoms with Gasteiger partial charge in [0.1, 0.15) is 5.82 Å². The molecule has 4 nitrogen and oxygen atoms in total. The Kier molecular flexibility index (Phi) is 4.78. The predicted octanol–water partition coefficient (Wildman–Crippen LogP) is 4.26. The van der Waals surface area contributed by atoms with Gasteiger partial charge in [0.15, 0.2) is 0 Å². The highest BCUT2D eigenvalue weighted by Crippen LogP contribution is 2.29. The molecule has 1 aromatic heterocycles. The average molecular weight is 386 g/mol. The van der Waals surface area contributed by atoms with Gasteiger partial charge in [0.2, 0.25) is 10.0 Å². The van der Waals surface area contributed by atoms with Crippen LogP contribution in [0.15, 0.2) is 53.6 Å². The maximum atomic E-state index is 13.3. The number of H-pyrrole nitrogens is 1. The van der Waals surface area contributed by atoms with Crippen molar-refractivity contribution in [2.45, 2.75) is 31.1 Å². The van der Waals surface area contributed by atoms with Crippen molar-refractivity contribution >= 4 is 20.9 Å². The Morgan fingerprint density at radius 3 is 2.63 bits per heavy atom. The summed E-state index contributed by atoms with van der Waals surface area (Å²) in [6, 6.07) is 12.1. The van der Waals surface area contributed by atoms with E-state index in [1.807, 2.05) is 12.1 Å². The molecule has 4 rings (SSSR count). The summed E-state index contributed by atoms with van der Waals surface area (Å²) in [4.78, 5) is 3.51. The van der Waals surface area contributed by atoms with Crippen molar-refractivity contribution in [2.75, 3.05) is 13.1 Å². The first-order valence-corrected chi connectivity index (χ1v) is 10.7. The van der Waals surface area contributed by atoms with Gasteiger partial charge in [-0.15, -0.1) is 0 Å². The van der Waals surface area contributed by atoms with Gasteiger partial charge in [-0.05, 0) is 67.5 Å². The summed E-state index contributed by atoms with van der Waals surface area (Å²) in [7, 11) is -3.57. The normalized spacial score (nSPS) is 16.8. The molecular formula is C21H23FN2O2S. The Morgan fingerprint density at radius 2 is 1.89 bits per heavy atom. The number of hydrogen-bond donors (Lipinski definition) is 1. The molecule has 0 amide bonds. The number of piperidine rings is 1. The molecule has 0 bridgehead atoms. The largest absolute Gasteiger partial charge is 0.361 e. The Hall–Kier alpha value is -2.18. The number of aromatic nitrogens is 1. The summed E-state index contributed by atoms with van der Waals surface area (Å²) in [5, 5.41) is 1.24. The van der Waals surface area contributed by atoms with Crippen molar-refractivity contribution in [3.05, 3.63) is 65.6 Å². The van der Waals surface area contributed by atoms with Gasteiger partial charge in [-0.1, -0.05) is 18.2 Å². The Bertz CT molecular complexity index is 1070. The maximum Gasteiger partial charge on any atom is 0.243 e. The van der Waals surface area contributed by atoms with Crippen molar-refractivity contribution in [1.29, 1.82) is 0 Å². The molecule has 0 spiro atoms. The summed E-state index contributed by atoms with van der Waals surface area (Å²) < 4.78 is 40.7. The minimum absolute atomic E-state index is 0.207. The maximum absolute atomic E-state index is 13.3. The highest BCUT2D eigenvalue weighted by atomic mass is 32.2. The van der Waals surface area contributed by atoms with Crippen LogP contribution in [0.1, 0.15) is 24.0 Å². The number of halogens is 1. The highest BCUT2D eigenvalue weighted by Gasteiger charge is 2.30. The highest BCUT2D eigenvalue weighted by molar-refractivity contribution is 7.89. The average Bonchev–Trinajstić information content (AvgIpc) is 3.05. The van der Waals surface area contributed by atoms with E-state index in [0.29, 0.717) is 24.6 Å². The summed E-state index contributed by atoms with van der Waals surface area (Å²) in [5.41, 5.74) is 2.89. The zero-order valence-electron chi connectivity index (χ0n) is 15.3. The lowest BCUT2D eigenvalue weighted by Gasteiger charge is -2.31. The first-order chi connectivity index (χ1) is 12.9. The number of benzene rings is 2. The number of rotatable bonds is 4. The molecule has 1 saturated heterocycles. The molecule has 1 aliphatic heterocycles. The molecule has 1 aliphatic rings. The molecule has 6 heteroatoms. The molecule has 0 atom stereocenters. The van der Waals surface area contributed by atoms with Crippen molar-refractivity contribution in [2.24, 2.45) is 5.92 Å². The zero-order chi connectivity index (χ0) is 19.0. The Balaban J connectivity index is 1.45. The molecule has 0 unspecified atom stereocenters. The van der Waals surface area contributed by atoms with Crippen LogP contribution in [0, 0.1) is 18.7 Å². The van der Waals surface area contributed by atoms with Crippen molar-refractivity contribution < 1.29 is 12.8 Å². The van der Waals surface area contributed by atoms with Crippen LogP contribution < -0.4 is 0 Å². The van der Waals surface area contributed by atoms with Gasteiger partial charge in [-0.2, -0.15) is 4.31 Å². The lowest BCUT2D eigenvalue weighted by molar-refractivity contribution is 0.273. The van der Waals surface area contributed by atoms with E-state index < -0.39 is 15.8 Å². The number of sulfonamides is 1. The quantitative estimate of drug-likeness (QED) is 0.728. The second-order valence-corrected chi connectivity index (χ2v) is 9.23. The standard InChI is InChI=1S/C21H23FN2O2S/c1-15-12-18(22)6-7-21(15)27(25,26)24-10-8-16(9-11-24)13-17-14-23-20-5-3-2-4-19(17)20/h2-7,12,14,16,23H,8-11,13H2,1H3. The Morgan fingerprint density at radius 1 is 1.15 bits per heavy atom. The third kappa shape index (κ3) is 3.51. The van der Waals surface area contributed by atoms with Crippen molar-refractivity contribution in [3.8, 4) is 0 Å². The number of aromatic amines is 1. The minimum atomic E-state index is -3.57. The number of nitrogens with zero attached hydrogens (tertiary/aromatic N) is 1. The third-order valence-electron chi connectivity index (χ3n) is 5.51. The molecule has 0 saturated carbocycles. The fourth-order valence-corrected chi connectivity index (χ4v) is 5.68. The van der Waals surface area contributed by atoms with Gasteiger partial charge in [0.05, 0.1) is 4.90 Å². The summed E-state index contributed by atoms with van der Waals surface area (Å²) in [6.07, 6.45) is 4.68. The van der Waals surface area contributed by atoms with Gasteiger partial charge in [0, 0.05) is 30.2 Å². The molecular weight excluding hydrogens is 363 g/mol. The van der Waals surface area contributed by atoms with Crippen LogP contribution >= 0.6 is 0 Å². The van der Waals surface area contributed by atoms with E-state index in [1.54, 1.807) is 11.2 Å². The SMILES string of the molecule is Cc1cc(F)ccc1S(=O)(=O)N1CCC(Cc2c[nH]c3ccccc23)CC1. The molecule has 1 N–H and O–H groups in total. The molecule has 27 heavy (non-hydrogen) atoms. The third-order valence-corrected chi connectivity index (χ3v) is 7.57. The van der Waals surface area contributed by atoms with E-state index in [-0.39, 0.29) is 4.90 Å². The fourth-order valence-electron chi connectivity index (χ4n) is 4.01. The Labute approximate surface area is 159 Å². The van der Waals surface area contributed by atoms with Gasteiger partial charge >= 0.3 is 0 Å². The second-order valence-electron chi connectivity index (χ2n) is 7.32. The number of para-hydroxylation sites is 1. The fraction of sp³-hybridized carbons (Fsp3) is 0.333. The number of hydrogen-bond acceptors (Lipinski definition) is 2. The van der Waals surface area contributed by atoms with Crippen molar-refractivity contribution in [1.82, 2.24) is 9.29 Å². The van der Waals surface area contributed by atoms with E-state index in [1.165, 1.54) is 29.1 Å². The van der Waals surface area contributed by atoms with Crippen LogP contribution in [0.4, 0.5) is 4.39 Å². The molecule has 2 heterocycles. The molecule has 1 fully saturated rings. The monoisotopic (exact) mass is 386 g/mol. The van der Waals surface area contributed by atoms with E-state index in [2.05, 4.69) is 23.3 Å². The van der Waals surface area contributed by atoms with Crippen LogP contribution in [0.25, 0.3) is 10.9 Å². The number of fused-ring (bicyclic) bond motifs is 1. The van der Waals surface area contributed by atoms with Gasteiger partial charge in [-0.25, -0.2) is 12.8 Å². The van der Waals surface area contributed by atoms with Gasteiger partial charge in [0.25, 0.3) is 0 Å². The second kappa shape index (κ2) is 7.09. The van der Waals surface area contributed by atoms with Gasteiger partial charge < -0.3 is 4.98 Å². The first-order valence-electron chi connectivity index (χ1n) is 9.26. The topological polar surface area (TPSA) is 53.2 Å². The van der Waals surface area contributed by atoms with Crippen LogP contribution in [0.5, 0.6) is 0 Å². The van der Waals surface area contributed by atoms with E-state index >= 15 is 0 Å². The summed E-state index contributed by atoms with van der Waals surface area (Å²) >= 11 is 0. The molecule has 2 aromatic carbocycles. The number of nitrogens with one attached hydrogen (secondary N) is 1. The van der Waals surface area contributed by atoms with Crippen LogP contribution in [0.2, 0.25) is 0 Å². The van der Waals surface area contributed by atoms with E-state index in [0.717, 1.165) is 24.8 Å². The minimum Gasteiger partial charge on any atom is -0.361 e. The first kappa shape index (κ1) is 18.2. The van der Waals surface area contributed by atoms with Crippen LogP contribution in [-0.4, -0.2) is 30.8 Å².